The van der Waals surface area contributed by atoms with Crippen LogP contribution in [0.1, 0.15) is 16.1 Å². The van der Waals surface area contributed by atoms with E-state index in [0.717, 1.165) is 11.3 Å². The zero-order chi connectivity index (χ0) is 20.4. The van der Waals surface area contributed by atoms with Crippen LogP contribution in [0.15, 0.2) is 39.5 Å². The molecule has 0 bridgehead atoms. The van der Waals surface area contributed by atoms with Gasteiger partial charge < -0.3 is 24.8 Å². The first-order valence-electron chi connectivity index (χ1n) is 8.01. The number of aromatic nitrogens is 2. The molecule has 2 heterocycles. The monoisotopic (exact) mass is 511 g/mol. The summed E-state index contributed by atoms with van der Waals surface area (Å²) in [6.45, 7) is -0.0836. The Morgan fingerprint density at radius 1 is 1.25 bits per heavy atom. The summed E-state index contributed by atoms with van der Waals surface area (Å²) in [7, 11) is 1.60. The number of carboxylic acids is 1. The standard InChI is InChI=1S/C18H15Br2N3O5/c1-28-10-4-2-9(3-5-10)8-23-11-6-21-15(18(27)22-7-12(24)25)16(26)13(11)14(19)17(23)20/h2-6,26H,7-8H2,1H3,(H,22,27)(H,24,25). The van der Waals surface area contributed by atoms with Crippen molar-refractivity contribution in [3.63, 3.8) is 0 Å². The fraction of sp³-hybridized carbons (Fsp3) is 0.167. The summed E-state index contributed by atoms with van der Waals surface area (Å²) in [5.74, 6) is -1.55. The van der Waals surface area contributed by atoms with Gasteiger partial charge in [-0.1, -0.05) is 12.1 Å². The van der Waals surface area contributed by atoms with Gasteiger partial charge in [-0.15, -0.1) is 0 Å². The maximum atomic E-state index is 12.1. The van der Waals surface area contributed by atoms with E-state index < -0.39 is 18.4 Å². The number of pyridine rings is 1. The van der Waals surface area contributed by atoms with Crippen molar-refractivity contribution >= 4 is 54.6 Å². The maximum Gasteiger partial charge on any atom is 0.322 e. The highest BCUT2D eigenvalue weighted by Crippen LogP contribution is 2.40. The molecule has 0 saturated carbocycles. The molecular weight excluding hydrogens is 498 g/mol. The Balaban J connectivity index is 2.01. The van der Waals surface area contributed by atoms with Gasteiger partial charge in [-0.3, -0.25) is 9.59 Å². The maximum absolute atomic E-state index is 12.1. The van der Waals surface area contributed by atoms with Gasteiger partial charge in [-0.05, 0) is 49.6 Å². The second-order valence-corrected chi connectivity index (χ2v) is 7.38. The van der Waals surface area contributed by atoms with Gasteiger partial charge in [-0.2, -0.15) is 0 Å². The molecule has 3 rings (SSSR count). The number of rotatable bonds is 6. The van der Waals surface area contributed by atoms with Crippen molar-refractivity contribution in [2.24, 2.45) is 0 Å². The molecule has 0 radical (unpaired) electrons. The number of hydrogen-bond donors (Lipinski definition) is 3. The van der Waals surface area contributed by atoms with Gasteiger partial charge in [0.15, 0.2) is 11.4 Å². The quantitative estimate of drug-likeness (QED) is 0.467. The number of carbonyl (C=O) groups is 2. The van der Waals surface area contributed by atoms with Gasteiger partial charge in [-0.25, -0.2) is 4.98 Å². The number of nitrogens with one attached hydrogen (secondary N) is 1. The Morgan fingerprint density at radius 2 is 1.93 bits per heavy atom. The van der Waals surface area contributed by atoms with E-state index in [4.69, 9.17) is 9.84 Å². The summed E-state index contributed by atoms with van der Waals surface area (Å²) >= 11 is 6.93. The van der Waals surface area contributed by atoms with E-state index in [1.807, 2.05) is 28.8 Å². The summed E-state index contributed by atoms with van der Waals surface area (Å²) in [6, 6.07) is 7.55. The van der Waals surface area contributed by atoms with Crippen molar-refractivity contribution in [3.05, 3.63) is 50.8 Å². The molecule has 0 saturated heterocycles. The van der Waals surface area contributed by atoms with Crippen LogP contribution < -0.4 is 10.1 Å². The minimum Gasteiger partial charge on any atom is -0.505 e. The molecule has 28 heavy (non-hydrogen) atoms. The van der Waals surface area contributed by atoms with E-state index >= 15 is 0 Å². The zero-order valence-corrected chi connectivity index (χ0v) is 17.7. The number of aliphatic carboxylic acids is 1. The molecule has 0 aliphatic carbocycles. The Kier molecular flexibility index (Phi) is 5.90. The first-order chi connectivity index (χ1) is 13.3. The second-order valence-electron chi connectivity index (χ2n) is 5.83. The smallest absolute Gasteiger partial charge is 0.322 e. The van der Waals surface area contributed by atoms with Gasteiger partial charge in [0.25, 0.3) is 5.91 Å². The Labute approximate surface area is 176 Å². The molecule has 10 heteroatoms. The number of ether oxygens (including phenoxy) is 1. The van der Waals surface area contributed by atoms with E-state index in [1.165, 1.54) is 6.20 Å². The number of benzene rings is 1. The van der Waals surface area contributed by atoms with Crippen molar-refractivity contribution in [1.82, 2.24) is 14.9 Å². The molecule has 1 aromatic carbocycles. The second kappa shape index (κ2) is 8.19. The first kappa shape index (κ1) is 20.2. The molecule has 0 spiro atoms. The van der Waals surface area contributed by atoms with Crippen molar-refractivity contribution in [1.29, 1.82) is 0 Å². The Morgan fingerprint density at radius 3 is 2.54 bits per heavy atom. The van der Waals surface area contributed by atoms with E-state index in [-0.39, 0.29) is 11.4 Å². The van der Waals surface area contributed by atoms with Crippen LogP contribution in [0.2, 0.25) is 0 Å². The zero-order valence-electron chi connectivity index (χ0n) is 14.6. The van der Waals surface area contributed by atoms with Gasteiger partial charge in [0.05, 0.1) is 28.7 Å². The van der Waals surface area contributed by atoms with Crippen LogP contribution in [0.4, 0.5) is 0 Å². The number of nitrogens with zero attached hydrogens (tertiary/aromatic N) is 2. The lowest BCUT2D eigenvalue weighted by atomic mass is 10.2. The van der Waals surface area contributed by atoms with Crippen molar-refractivity contribution in [2.75, 3.05) is 13.7 Å². The van der Waals surface area contributed by atoms with Gasteiger partial charge in [0, 0.05) is 6.54 Å². The predicted molar refractivity (Wildman–Crippen MR) is 109 cm³/mol. The number of methoxy groups -OCH3 is 1. The summed E-state index contributed by atoms with van der Waals surface area (Å²) in [5, 5.41) is 21.9. The van der Waals surface area contributed by atoms with Crippen LogP contribution in [-0.2, 0) is 11.3 Å². The van der Waals surface area contributed by atoms with E-state index in [2.05, 4.69) is 42.2 Å². The fourth-order valence-electron chi connectivity index (χ4n) is 2.71. The highest BCUT2D eigenvalue weighted by atomic mass is 79.9. The average Bonchev–Trinajstić information content (AvgIpc) is 2.92. The van der Waals surface area contributed by atoms with Gasteiger partial charge in [0.2, 0.25) is 0 Å². The summed E-state index contributed by atoms with van der Waals surface area (Å²) in [4.78, 5) is 26.8. The third-order valence-electron chi connectivity index (χ3n) is 4.08. The van der Waals surface area contributed by atoms with E-state index in [0.29, 0.717) is 26.5 Å². The molecule has 0 unspecified atom stereocenters. The lowest BCUT2D eigenvalue weighted by Crippen LogP contribution is -2.29. The Bertz CT molecular complexity index is 1060. The third-order valence-corrected chi connectivity index (χ3v) is 6.21. The first-order valence-corrected chi connectivity index (χ1v) is 9.60. The van der Waals surface area contributed by atoms with Crippen molar-refractivity contribution < 1.29 is 24.5 Å². The molecule has 3 aromatic rings. The highest BCUT2D eigenvalue weighted by molar-refractivity contribution is 9.13. The molecule has 1 amide bonds. The number of carbonyl (C=O) groups excluding carboxylic acids is 1. The van der Waals surface area contributed by atoms with Crippen LogP contribution in [-0.4, -0.2) is 45.3 Å². The molecule has 8 nitrogen and oxygen atoms in total. The van der Waals surface area contributed by atoms with Crippen LogP contribution in [0.25, 0.3) is 10.9 Å². The highest BCUT2D eigenvalue weighted by Gasteiger charge is 2.23. The van der Waals surface area contributed by atoms with Crippen molar-refractivity contribution in [2.45, 2.75) is 6.54 Å². The third kappa shape index (κ3) is 3.83. The SMILES string of the molecule is COc1ccc(Cn2c(Br)c(Br)c3c(O)c(C(=O)NCC(=O)O)ncc32)cc1. The minimum atomic E-state index is -1.19. The van der Waals surface area contributed by atoms with Gasteiger partial charge in [0.1, 0.15) is 16.9 Å². The summed E-state index contributed by atoms with van der Waals surface area (Å²) in [6.07, 6.45) is 1.46. The molecule has 0 aliphatic heterocycles. The molecule has 3 N–H and O–H groups in total. The molecule has 0 aliphatic rings. The number of hydrogen-bond acceptors (Lipinski definition) is 5. The number of aromatic hydroxyl groups is 1. The molecule has 0 fully saturated rings. The summed E-state index contributed by atoms with van der Waals surface area (Å²) < 4.78 is 8.27. The van der Waals surface area contributed by atoms with Crippen LogP contribution in [0.5, 0.6) is 11.5 Å². The molecule has 146 valence electrons. The average molecular weight is 513 g/mol. The van der Waals surface area contributed by atoms with Crippen LogP contribution in [0.3, 0.4) is 0 Å². The van der Waals surface area contributed by atoms with Crippen LogP contribution >= 0.6 is 31.9 Å². The van der Waals surface area contributed by atoms with Crippen LogP contribution in [0, 0.1) is 0 Å². The van der Waals surface area contributed by atoms with E-state index in [9.17, 15) is 14.7 Å². The lowest BCUT2D eigenvalue weighted by molar-refractivity contribution is -0.135. The number of halogens is 2. The number of carboxylic acid groups (broad SMARTS) is 1. The predicted octanol–water partition coefficient (Wildman–Crippen LogP) is 3.14. The number of amides is 1. The largest absolute Gasteiger partial charge is 0.505 e. The fourth-order valence-corrected chi connectivity index (χ4v) is 3.83. The summed E-state index contributed by atoms with van der Waals surface area (Å²) in [5.41, 5.74) is 1.35. The minimum absolute atomic E-state index is 0.247. The number of fused-ring (bicyclic) bond motifs is 1. The van der Waals surface area contributed by atoms with E-state index in [1.54, 1.807) is 7.11 Å². The molecule has 0 atom stereocenters. The Hall–Kier alpha value is -2.59. The van der Waals surface area contributed by atoms with Gasteiger partial charge >= 0.3 is 5.97 Å². The molecule has 2 aromatic heterocycles. The molecular formula is C18H15Br2N3O5. The van der Waals surface area contributed by atoms with Crippen molar-refractivity contribution in [3.8, 4) is 11.5 Å². The topological polar surface area (TPSA) is 114 Å². The normalized spacial score (nSPS) is 10.8. The lowest BCUT2D eigenvalue weighted by Gasteiger charge is -2.09.